The SMILES string of the molecule is CCN(Cc1cc2cccc(C)c2[nH]c1=O)C(=O)c1cc(OC)cc(OC)c1. The topological polar surface area (TPSA) is 71.6 Å². The molecule has 6 heteroatoms. The number of H-pyrrole nitrogens is 1. The molecule has 3 aromatic rings. The quantitative estimate of drug-likeness (QED) is 0.710. The summed E-state index contributed by atoms with van der Waals surface area (Å²) in [7, 11) is 3.08. The number of pyridine rings is 1. The molecule has 0 unspecified atom stereocenters. The van der Waals surface area contributed by atoms with Crippen LogP contribution in [0.4, 0.5) is 0 Å². The molecule has 1 amide bonds. The fourth-order valence-corrected chi connectivity index (χ4v) is 3.19. The molecule has 0 radical (unpaired) electrons. The summed E-state index contributed by atoms with van der Waals surface area (Å²) in [5.74, 6) is 0.888. The highest BCUT2D eigenvalue weighted by Crippen LogP contribution is 2.24. The molecule has 1 heterocycles. The molecule has 1 aromatic heterocycles. The lowest BCUT2D eigenvalue weighted by Crippen LogP contribution is -2.32. The van der Waals surface area contributed by atoms with Gasteiger partial charge >= 0.3 is 0 Å². The van der Waals surface area contributed by atoms with Crippen molar-refractivity contribution in [2.45, 2.75) is 20.4 Å². The number of hydrogen-bond acceptors (Lipinski definition) is 4. The van der Waals surface area contributed by atoms with Crippen LogP contribution in [0.15, 0.2) is 47.3 Å². The number of carbonyl (C=O) groups is 1. The van der Waals surface area contributed by atoms with E-state index in [1.54, 1.807) is 23.1 Å². The lowest BCUT2D eigenvalue weighted by Gasteiger charge is -2.21. The normalized spacial score (nSPS) is 10.7. The number of aromatic nitrogens is 1. The second-order valence-electron chi connectivity index (χ2n) is 6.58. The summed E-state index contributed by atoms with van der Waals surface area (Å²) in [4.78, 5) is 30.2. The van der Waals surface area contributed by atoms with Crippen LogP contribution in [0.25, 0.3) is 10.9 Å². The highest BCUT2D eigenvalue weighted by Gasteiger charge is 2.18. The Hall–Kier alpha value is -3.28. The van der Waals surface area contributed by atoms with Crippen molar-refractivity contribution in [3.63, 3.8) is 0 Å². The van der Waals surface area contributed by atoms with E-state index in [1.807, 2.05) is 38.1 Å². The average Bonchev–Trinajstić information content (AvgIpc) is 2.72. The Labute approximate surface area is 163 Å². The number of benzene rings is 2. The zero-order chi connectivity index (χ0) is 20.3. The minimum absolute atomic E-state index is 0.184. The molecular formula is C22H24N2O4. The van der Waals surface area contributed by atoms with Crippen LogP contribution in [-0.2, 0) is 6.54 Å². The Bertz CT molecular complexity index is 1050. The summed E-state index contributed by atoms with van der Waals surface area (Å²) in [5.41, 5.74) is 2.64. The number of nitrogens with zero attached hydrogens (tertiary/aromatic N) is 1. The van der Waals surface area contributed by atoms with E-state index >= 15 is 0 Å². The fourth-order valence-electron chi connectivity index (χ4n) is 3.19. The molecule has 28 heavy (non-hydrogen) atoms. The van der Waals surface area contributed by atoms with E-state index < -0.39 is 0 Å². The second kappa shape index (κ2) is 8.17. The second-order valence-corrected chi connectivity index (χ2v) is 6.58. The highest BCUT2D eigenvalue weighted by molar-refractivity contribution is 5.95. The van der Waals surface area contributed by atoms with E-state index in [2.05, 4.69) is 4.98 Å². The highest BCUT2D eigenvalue weighted by atomic mass is 16.5. The maximum Gasteiger partial charge on any atom is 0.254 e. The molecule has 0 saturated carbocycles. The first kappa shape index (κ1) is 19.5. The molecular weight excluding hydrogens is 356 g/mol. The smallest absolute Gasteiger partial charge is 0.254 e. The maximum absolute atomic E-state index is 13.0. The van der Waals surface area contributed by atoms with Gasteiger partial charge in [0, 0.05) is 23.7 Å². The van der Waals surface area contributed by atoms with Crippen LogP contribution >= 0.6 is 0 Å². The molecule has 0 fully saturated rings. The van der Waals surface area contributed by atoms with Crippen LogP contribution in [0.1, 0.15) is 28.4 Å². The molecule has 0 atom stereocenters. The number of para-hydroxylation sites is 1. The average molecular weight is 380 g/mol. The minimum Gasteiger partial charge on any atom is -0.497 e. The van der Waals surface area contributed by atoms with Crippen LogP contribution in [0.3, 0.4) is 0 Å². The fraction of sp³-hybridized carbons (Fsp3) is 0.273. The van der Waals surface area contributed by atoms with Crippen LogP contribution in [0, 0.1) is 6.92 Å². The third-order valence-corrected chi connectivity index (χ3v) is 4.79. The van der Waals surface area contributed by atoms with Crippen molar-refractivity contribution < 1.29 is 14.3 Å². The van der Waals surface area contributed by atoms with Gasteiger partial charge < -0.3 is 19.4 Å². The zero-order valence-corrected chi connectivity index (χ0v) is 16.5. The van der Waals surface area contributed by atoms with Gasteiger partial charge in [-0.25, -0.2) is 0 Å². The number of rotatable bonds is 6. The molecule has 2 aromatic carbocycles. The van der Waals surface area contributed by atoms with Gasteiger partial charge in [-0.3, -0.25) is 9.59 Å². The molecule has 0 bridgehead atoms. The first-order valence-electron chi connectivity index (χ1n) is 9.10. The Morgan fingerprint density at radius 2 is 1.75 bits per heavy atom. The molecule has 0 aliphatic carbocycles. The van der Waals surface area contributed by atoms with Crippen molar-refractivity contribution in [2.24, 2.45) is 0 Å². The van der Waals surface area contributed by atoms with Gasteiger partial charge in [-0.15, -0.1) is 0 Å². The Morgan fingerprint density at radius 1 is 1.07 bits per heavy atom. The van der Waals surface area contributed by atoms with Gasteiger partial charge in [0.15, 0.2) is 0 Å². The van der Waals surface area contributed by atoms with Gasteiger partial charge in [-0.1, -0.05) is 18.2 Å². The number of aryl methyl sites for hydroxylation is 1. The van der Waals surface area contributed by atoms with Crippen LogP contribution in [0.5, 0.6) is 11.5 Å². The van der Waals surface area contributed by atoms with Crippen LogP contribution < -0.4 is 15.0 Å². The lowest BCUT2D eigenvalue weighted by atomic mass is 10.1. The Balaban J connectivity index is 1.94. The molecule has 146 valence electrons. The third kappa shape index (κ3) is 3.86. The molecule has 0 aliphatic heterocycles. The standard InChI is InChI=1S/C22H24N2O4/c1-5-24(22(26)16-10-18(27-3)12-19(11-16)28-4)13-17-9-15-8-6-7-14(2)20(15)23-21(17)25/h6-12H,5,13H2,1-4H3,(H,23,25). The number of amides is 1. The molecule has 0 spiro atoms. The van der Waals surface area contributed by atoms with Crippen molar-refractivity contribution in [1.82, 2.24) is 9.88 Å². The van der Waals surface area contributed by atoms with E-state index in [9.17, 15) is 9.59 Å². The number of methoxy groups -OCH3 is 2. The number of nitrogens with one attached hydrogen (secondary N) is 1. The summed E-state index contributed by atoms with van der Waals surface area (Å²) < 4.78 is 10.5. The number of carbonyl (C=O) groups excluding carboxylic acids is 1. The number of fused-ring (bicyclic) bond motifs is 1. The number of hydrogen-bond donors (Lipinski definition) is 1. The summed E-state index contributed by atoms with van der Waals surface area (Å²) >= 11 is 0. The number of aromatic amines is 1. The Morgan fingerprint density at radius 3 is 2.36 bits per heavy atom. The van der Waals surface area contributed by atoms with E-state index in [0.717, 1.165) is 16.5 Å². The van der Waals surface area contributed by atoms with Gasteiger partial charge in [0.1, 0.15) is 11.5 Å². The monoisotopic (exact) mass is 380 g/mol. The third-order valence-electron chi connectivity index (χ3n) is 4.79. The van der Waals surface area contributed by atoms with Gasteiger partial charge in [0.25, 0.3) is 11.5 Å². The number of ether oxygens (including phenoxy) is 2. The van der Waals surface area contributed by atoms with Gasteiger partial charge in [-0.2, -0.15) is 0 Å². The lowest BCUT2D eigenvalue weighted by molar-refractivity contribution is 0.0751. The minimum atomic E-state index is -0.191. The summed E-state index contributed by atoms with van der Waals surface area (Å²) in [6, 6.07) is 12.8. The predicted molar refractivity (Wildman–Crippen MR) is 109 cm³/mol. The Kier molecular flexibility index (Phi) is 5.68. The van der Waals surface area contributed by atoms with Crippen molar-refractivity contribution in [1.29, 1.82) is 0 Å². The van der Waals surface area contributed by atoms with Crippen molar-refractivity contribution in [2.75, 3.05) is 20.8 Å². The molecule has 0 aliphatic rings. The summed E-state index contributed by atoms with van der Waals surface area (Å²) in [6.45, 7) is 4.52. The maximum atomic E-state index is 13.0. The van der Waals surface area contributed by atoms with Crippen molar-refractivity contribution in [3.8, 4) is 11.5 Å². The van der Waals surface area contributed by atoms with Crippen LogP contribution in [0.2, 0.25) is 0 Å². The molecule has 3 rings (SSSR count). The molecule has 0 saturated heterocycles. The first-order valence-corrected chi connectivity index (χ1v) is 9.10. The predicted octanol–water partition coefficient (Wildman–Crippen LogP) is 3.52. The van der Waals surface area contributed by atoms with E-state index in [1.165, 1.54) is 14.2 Å². The van der Waals surface area contributed by atoms with Crippen LogP contribution in [-0.4, -0.2) is 36.6 Å². The molecule has 1 N–H and O–H groups in total. The van der Waals surface area contributed by atoms with Crippen molar-refractivity contribution >= 4 is 16.8 Å². The largest absolute Gasteiger partial charge is 0.497 e. The summed E-state index contributed by atoms with van der Waals surface area (Å²) in [6.07, 6.45) is 0. The van der Waals surface area contributed by atoms with Gasteiger partial charge in [0.05, 0.1) is 26.3 Å². The summed E-state index contributed by atoms with van der Waals surface area (Å²) in [5, 5.41) is 0.946. The van der Waals surface area contributed by atoms with Gasteiger partial charge in [0.2, 0.25) is 0 Å². The first-order chi connectivity index (χ1) is 13.5. The van der Waals surface area contributed by atoms with Gasteiger partial charge in [-0.05, 0) is 43.0 Å². The van der Waals surface area contributed by atoms with Crippen molar-refractivity contribution in [3.05, 3.63) is 69.5 Å². The van der Waals surface area contributed by atoms with E-state index in [4.69, 9.17) is 9.47 Å². The van der Waals surface area contributed by atoms with E-state index in [-0.39, 0.29) is 18.0 Å². The molecule has 6 nitrogen and oxygen atoms in total. The zero-order valence-electron chi connectivity index (χ0n) is 16.5. The van der Waals surface area contributed by atoms with E-state index in [0.29, 0.717) is 29.2 Å².